The molecule has 0 aromatic rings. The second-order valence-corrected chi connectivity index (χ2v) is 2.03. The van der Waals surface area contributed by atoms with Gasteiger partial charge in [0, 0.05) is 21.0 Å². The molecule has 0 aromatic heterocycles. The van der Waals surface area contributed by atoms with Gasteiger partial charge in [0.25, 0.3) is 0 Å². The number of hydrogen-bond acceptors (Lipinski definition) is 4. The highest BCUT2D eigenvalue weighted by molar-refractivity contribution is 7.72. The van der Waals surface area contributed by atoms with Crippen LogP contribution < -0.4 is 12.3 Å². The summed E-state index contributed by atoms with van der Waals surface area (Å²) >= 11 is -3.11. The topological polar surface area (TPSA) is 156 Å². The van der Waals surface area contributed by atoms with Gasteiger partial charge in [-0.3, -0.25) is 9.00 Å². The van der Waals surface area contributed by atoms with Crippen LogP contribution in [0.1, 0.15) is 6.92 Å². The third-order valence-corrected chi connectivity index (χ3v) is 0.630. The molecule has 0 rings (SSSR count). The van der Waals surface area contributed by atoms with E-state index in [2.05, 4.69) is 0 Å². The molecule has 0 unspecified atom stereocenters. The number of hydrogen-bond donors (Lipinski definition) is 2. The maximum Gasteiger partial charge on any atom is 0.218 e. The predicted octanol–water partition coefficient (Wildman–Crippen LogP) is -0.157. The zero-order chi connectivity index (χ0) is 8.73. The van der Waals surface area contributed by atoms with Crippen LogP contribution in [-0.2, 0) is 16.2 Å². The molecule has 8 N–H and O–H groups in total. The van der Waals surface area contributed by atoms with Crippen LogP contribution in [0, 0.1) is 0 Å². The Bertz CT molecular complexity index is 125. The number of quaternary nitrogens is 2. The van der Waals surface area contributed by atoms with E-state index in [-0.39, 0.29) is 18.2 Å². The van der Waals surface area contributed by atoms with Gasteiger partial charge in [0.05, 0.1) is 0 Å². The first-order chi connectivity index (χ1) is 4.37. The van der Waals surface area contributed by atoms with Crippen LogP contribution >= 0.6 is 0 Å². The molecule has 0 heterocycles. The van der Waals surface area contributed by atoms with E-state index in [1.54, 1.807) is 14.1 Å². The van der Waals surface area contributed by atoms with Crippen molar-refractivity contribution in [1.82, 2.24) is 17.2 Å². The maximum atomic E-state index is 10.1. The van der Waals surface area contributed by atoms with Crippen molar-refractivity contribution in [2.24, 2.45) is 0 Å². The minimum Gasteiger partial charge on any atom is -0.784 e. The molecule has 0 bridgehead atoms. The molecule has 0 saturated carbocycles. The monoisotopic (exact) mass is 203 g/mol. The summed E-state index contributed by atoms with van der Waals surface area (Å²) < 4.78 is 25.3. The van der Waals surface area contributed by atoms with Crippen molar-refractivity contribution in [3.63, 3.8) is 0 Å². The number of amides is 1. The number of rotatable bonds is 0. The number of carbonyl (C=O) groups excluding carboxylic acids is 1. The Hall–Kier alpha value is -0.540. The van der Waals surface area contributed by atoms with E-state index < -0.39 is 11.4 Å². The lowest BCUT2D eigenvalue weighted by Crippen LogP contribution is -2.17. The van der Waals surface area contributed by atoms with Gasteiger partial charge in [-0.05, 0) is 0 Å². The van der Waals surface area contributed by atoms with Crippen molar-refractivity contribution in [3.05, 3.63) is 0 Å². The van der Waals surface area contributed by atoms with E-state index in [9.17, 15) is 4.79 Å². The van der Waals surface area contributed by atoms with Gasteiger partial charge >= 0.3 is 0 Å². The van der Waals surface area contributed by atoms with Gasteiger partial charge in [0.2, 0.25) is 5.91 Å². The fourth-order valence-electron chi connectivity index (χ4n) is 0. The highest BCUT2D eigenvalue weighted by atomic mass is 32.2. The van der Waals surface area contributed by atoms with Crippen LogP contribution in [0.4, 0.5) is 0 Å². The molecule has 0 saturated heterocycles. The van der Waals surface area contributed by atoms with Crippen molar-refractivity contribution in [2.45, 2.75) is 6.92 Å². The molecule has 7 nitrogen and oxygen atoms in total. The van der Waals surface area contributed by atoms with Gasteiger partial charge < -0.3 is 26.3 Å². The summed E-state index contributed by atoms with van der Waals surface area (Å²) in [7, 11) is 3.45. The van der Waals surface area contributed by atoms with Crippen molar-refractivity contribution in [1.29, 1.82) is 0 Å². The highest BCUT2D eigenvalue weighted by Crippen LogP contribution is 1.69. The van der Waals surface area contributed by atoms with Gasteiger partial charge in [0.15, 0.2) is 0 Å². The second-order valence-electron chi connectivity index (χ2n) is 1.62. The Labute approximate surface area is 74.4 Å². The Morgan fingerprint density at radius 2 is 1.33 bits per heavy atom. The second kappa shape index (κ2) is 13.1. The third-order valence-electron chi connectivity index (χ3n) is 0.630. The SMILES string of the molecule is CC(=O)N(C)C.O=S([O-])[O-].[NH4+].[NH4+]. The average Bonchev–Trinajstić information content (AvgIpc) is 1.63. The summed E-state index contributed by atoms with van der Waals surface area (Å²) in [5.74, 6) is 0.0926. The molecule has 0 aliphatic carbocycles. The first-order valence-electron chi connectivity index (χ1n) is 2.32. The Morgan fingerprint density at radius 1 is 1.25 bits per heavy atom. The molecule has 0 aromatic carbocycles. The molecule has 1 amide bonds. The summed E-state index contributed by atoms with van der Waals surface area (Å²) in [5, 5.41) is 0. The Morgan fingerprint density at radius 3 is 1.33 bits per heavy atom. The largest absolute Gasteiger partial charge is 0.784 e. The van der Waals surface area contributed by atoms with Gasteiger partial charge in [-0.1, -0.05) is 0 Å². The number of carbonyl (C=O) groups is 1. The molecular weight excluding hydrogens is 186 g/mol. The van der Waals surface area contributed by atoms with Crippen molar-refractivity contribution in [2.75, 3.05) is 14.1 Å². The minimum absolute atomic E-state index is 0. The zero-order valence-corrected chi connectivity index (χ0v) is 8.80. The normalized spacial score (nSPS) is 6.83. The average molecular weight is 203 g/mol. The van der Waals surface area contributed by atoms with Crippen LogP contribution in [0.5, 0.6) is 0 Å². The van der Waals surface area contributed by atoms with E-state index in [1.165, 1.54) is 11.8 Å². The van der Waals surface area contributed by atoms with Crippen molar-refractivity contribution in [3.8, 4) is 0 Å². The van der Waals surface area contributed by atoms with E-state index in [0.717, 1.165) is 0 Å². The lowest BCUT2D eigenvalue weighted by molar-refractivity contribution is -0.126. The van der Waals surface area contributed by atoms with Crippen LogP contribution in [0.25, 0.3) is 0 Å². The molecule has 0 spiro atoms. The van der Waals surface area contributed by atoms with Crippen LogP contribution in [-0.4, -0.2) is 38.2 Å². The van der Waals surface area contributed by atoms with E-state index in [4.69, 9.17) is 13.3 Å². The van der Waals surface area contributed by atoms with Gasteiger partial charge in [0.1, 0.15) is 0 Å². The zero-order valence-electron chi connectivity index (χ0n) is 7.99. The van der Waals surface area contributed by atoms with Crippen molar-refractivity contribution >= 4 is 17.3 Å². The van der Waals surface area contributed by atoms with E-state index in [1.807, 2.05) is 0 Å². The molecule has 78 valence electrons. The lowest BCUT2D eigenvalue weighted by Gasteiger charge is -2.03. The fourth-order valence-corrected chi connectivity index (χ4v) is 0. The maximum absolute atomic E-state index is 10.1. The number of nitrogens with zero attached hydrogens (tertiary/aromatic N) is 1. The Balaban J connectivity index is -0.0000000483. The quantitative estimate of drug-likeness (QED) is 0.524. The fraction of sp³-hybridized carbons (Fsp3) is 0.750. The smallest absolute Gasteiger partial charge is 0.218 e. The summed E-state index contributed by atoms with van der Waals surface area (Å²) in [6.07, 6.45) is 0. The first-order valence-corrected chi connectivity index (χ1v) is 3.32. The minimum atomic E-state index is -3.11. The molecular formula is C4H17N3O4S. The molecule has 12 heavy (non-hydrogen) atoms. The summed E-state index contributed by atoms with van der Waals surface area (Å²) in [6.45, 7) is 1.53. The van der Waals surface area contributed by atoms with Crippen molar-refractivity contribution < 1.29 is 18.1 Å². The molecule has 8 heteroatoms. The molecule has 0 atom stereocenters. The summed E-state index contributed by atoms with van der Waals surface area (Å²) in [5.41, 5.74) is 0. The third kappa shape index (κ3) is 56.6. The van der Waals surface area contributed by atoms with Gasteiger partial charge in [-0.2, -0.15) is 0 Å². The van der Waals surface area contributed by atoms with Gasteiger partial charge in [-0.25, -0.2) is 0 Å². The lowest BCUT2D eigenvalue weighted by atomic mass is 10.7. The standard InChI is InChI=1S/C4H9NO.2H3N.H2O3S/c1-4(6)5(2)3;;;1-4(2)3/h1-3H3;2*1H3;(H2,1,2,3). The van der Waals surface area contributed by atoms with E-state index in [0.29, 0.717) is 0 Å². The highest BCUT2D eigenvalue weighted by Gasteiger charge is 1.87. The molecule has 0 radical (unpaired) electrons. The molecule has 0 fully saturated rings. The van der Waals surface area contributed by atoms with Crippen LogP contribution in [0.2, 0.25) is 0 Å². The summed E-state index contributed by atoms with van der Waals surface area (Å²) in [4.78, 5) is 11.6. The predicted molar refractivity (Wildman–Crippen MR) is 46.0 cm³/mol. The molecule has 0 aliphatic heterocycles. The Kier molecular flexibility index (Phi) is 24.6. The van der Waals surface area contributed by atoms with E-state index >= 15 is 0 Å². The first kappa shape index (κ1) is 22.5. The molecule has 0 aliphatic rings. The van der Waals surface area contributed by atoms with Gasteiger partial charge in [-0.15, -0.1) is 11.4 Å². The van der Waals surface area contributed by atoms with Crippen LogP contribution in [0.15, 0.2) is 0 Å². The van der Waals surface area contributed by atoms with Crippen LogP contribution in [0.3, 0.4) is 0 Å². The summed E-state index contributed by atoms with van der Waals surface area (Å²) in [6, 6.07) is 0.